The standard InChI is InChI=1S/C14H11BrN2/c15-12-6-3-5-10-11(8-16)9-4-1-2-7-13(9)17-14(10)12/h3,5-6H,1-2,4,7H2. The van der Waals surface area contributed by atoms with E-state index in [0.717, 1.165) is 39.5 Å². The minimum atomic E-state index is 0.825. The van der Waals surface area contributed by atoms with E-state index in [4.69, 9.17) is 4.98 Å². The molecule has 0 unspecified atom stereocenters. The van der Waals surface area contributed by atoms with E-state index in [0.29, 0.717) is 0 Å². The summed E-state index contributed by atoms with van der Waals surface area (Å²) in [6, 6.07) is 8.29. The van der Waals surface area contributed by atoms with Crippen LogP contribution in [0.5, 0.6) is 0 Å². The summed E-state index contributed by atoms with van der Waals surface area (Å²) in [5, 5.41) is 10.4. The van der Waals surface area contributed by atoms with E-state index in [9.17, 15) is 5.26 Å². The molecule has 0 radical (unpaired) electrons. The Morgan fingerprint density at radius 1 is 1.24 bits per heavy atom. The van der Waals surface area contributed by atoms with Gasteiger partial charge in [-0.3, -0.25) is 4.98 Å². The number of rotatable bonds is 0. The second kappa shape index (κ2) is 4.12. The molecule has 0 aliphatic heterocycles. The van der Waals surface area contributed by atoms with Crippen molar-refractivity contribution in [1.82, 2.24) is 4.98 Å². The molecule has 84 valence electrons. The molecule has 1 aliphatic rings. The smallest absolute Gasteiger partial charge is 0.100 e. The highest BCUT2D eigenvalue weighted by Crippen LogP contribution is 2.31. The number of fused-ring (bicyclic) bond motifs is 2. The van der Waals surface area contributed by atoms with E-state index in [2.05, 4.69) is 22.0 Å². The van der Waals surface area contributed by atoms with Crippen molar-refractivity contribution in [1.29, 1.82) is 5.26 Å². The van der Waals surface area contributed by atoms with Crippen molar-refractivity contribution in [3.8, 4) is 6.07 Å². The molecule has 1 aromatic carbocycles. The van der Waals surface area contributed by atoms with Gasteiger partial charge in [0.2, 0.25) is 0 Å². The summed E-state index contributed by atoms with van der Waals surface area (Å²) in [6.07, 6.45) is 4.35. The number of benzene rings is 1. The van der Waals surface area contributed by atoms with Crippen LogP contribution in [0.4, 0.5) is 0 Å². The van der Waals surface area contributed by atoms with Crippen molar-refractivity contribution in [2.45, 2.75) is 25.7 Å². The lowest BCUT2D eigenvalue weighted by atomic mass is 9.90. The van der Waals surface area contributed by atoms with Gasteiger partial charge in [0, 0.05) is 15.6 Å². The monoisotopic (exact) mass is 286 g/mol. The number of aryl methyl sites for hydroxylation is 1. The molecule has 0 amide bonds. The highest BCUT2D eigenvalue weighted by Gasteiger charge is 2.18. The predicted octanol–water partition coefficient (Wildman–Crippen LogP) is 3.75. The second-order valence-electron chi connectivity index (χ2n) is 4.37. The first-order valence-corrected chi connectivity index (χ1v) is 6.60. The lowest BCUT2D eigenvalue weighted by Gasteiger charge is -2.17. The Morgan fingerprint density at radius 2 is 2.06 bits per heavy atom. The molecule has 0 bridgehead atoms. The van der Waals surface area contributed by atoms with Crippen LogP contribution in [0.15, 0.2) is 22.7 Å². The third-order valence-corrected chi connectivity index (χ3v) is 4.00. The Bertz CT molecular complexity index is 641. The summed E-state index contributed by atoms with van der Waals surface area (Å²) >= 11 is 3.52. The van der Waals surface area contributed by atoms with Gasteiger partial charge in [0.1, 0.15) is 6.07 Å². The Labute approximate surface area is 108 Å². The van der Waals surface area contributed by atoms with Gasteiger partial charge >= 0.3 is 0 Å². The number of hydrogen-bond donors (Lipinski definition) is 0. The Morgan fingerprint density at radius 3 is 2.88 bits per heavy atom. The zero-order valence-electron chi connectivity index (χ0n) is 9.33. The maximum atomic E-state index is 9.39. The fourth-order valence-electron chi connectivity index (χ4n) is 2.54. The lowest BCUT2D eigenvalue weighted by molar-refractivity contribution is 0.670. The van der Waals surface area contributed by atoms with E-state index >= 15 is 0 Å². The molecule has 3 rings (SSSR count). The molecule has 3 heteroatoms. The second-order valence-corrected chi connectivity index (χ2v) is 5.22. The maximum absolute atomic E-state index is 9.39. The third-order valence-electron chi connectivity index (χ3n) is 3.36. The number of para-hydroxylation sites is 1. The number of halogens is 1. The number of nitrogens with zero attached hydrogens (tertiary/aromatic N) is 2. The van der Waals surface area contributed by atoms with Crippen LogP contribution in [0.2, 0.25) is 0 Å². The summed E-state index contributed by atoms with van der Waals surface area (Å²) in [6.45, 7) is 0. The molecule has 1 aromatic heterocycles. The average molecular weight is 287 g/mol. The van der Waals surface area contributed by atoms with E-state index in [1.165, 1.54) is 18.4 Å². The van der Waals surface area contributed by atoms with Crippen molar-refractivity contribution in [2.24, 2.45) is 0 Å². The highest BCUT2D eigenvalue weighted by atomic mass is 79.9. The summed E-state index contributed by atoms with van der Waals surface area (Å²) < 4.78 is 0.972. The summed E-state index contributed by atoms with van der Waals surface area (Å²) in [5.41, 5.74) is 4.03. The van der Waals surface area contributed by atoms with Crippen molar-refractivity contribution in [2.75, 3.05) is 0 Å². The van der Waals surface area contributed by atoms with Crippen LogP contribution < -0.4 is 0 Å². The van der Waals surface area contributed by atoms with Crippen LogP contribution in [0.1, 0.15) is 29.7 Å². The molecule has 0 fully saturated rings. The van der Waals surface area contributed by atoms with Crippen LogP contribution in [0.25, 0.3) is 10.9 Å². The van der Waals surface area contributed by atoms with Gasteiger partial charge in [-0.25, -0.2) is 0 Å². The molecule has 0 saturated carbocycles. The number of pyridine rings is 1. The lowest BCUT2D eigenvalue weighted by Crippen LogP contribution is -2.08. The third kappa shape index (κ3) is 1.64. The molecule has 2 aromatic rings. The largest absolute Gasteiger partial charge is 0.251 e. The molecular formula is C14H11BrN2. The molecular weight excluding hydrogens is 276 g/mol. The van der Waals surface area contributed by atoms with E-state index in [1.54, 1.807) is 0 Å². The molecule has 0 saturated heterocycles. The van der Waals surface area contributed by atoms with Gasteiger partial charge in [0.15, 0.2) is 0 Å². The molecule has 0 N–H and O–H groups in total. The molecule has 2 nitrogen and oxygen atoms in total. The minimum Gasteiger partial charge on any atom is -0.251 e. The van der Waals surface area contributed by atoms with Gasteiger partial charge in [-0.1, -0.05) is 12.1 Å². The molecule has 0 atom stereocenters. The first-order chi connectivity index (χ1) is 8.31. The topological polar surface area (TPSA) is 36.7 Å². The quantitative estimate of drug-likeness (QED) is 0.740. The summed E-state index contributed by atoms with van der Waals surface area (Å²) in [4.78, 5) is 4.73. The highest BCUT2D eigenvalue weighted by molar-refractivity contribution is 9.10. The van der Waals surface area contributed by atoms with Crippen molar-refractivity contribution in [3.63, 3.8) is 0 Å². The first kappa shape index (κ1) is 10.7. The summed E-state index contributed by atoms with van der Waals surface area (Å²) in [7, 11) is 0. The fourth-order valence-corrected chi connectivity index (χ4v) is 2.99. The van der Waals surface area contributed by atoms with E-state index < -0.39 is 0 Å². The molecule has 0 spiro atoms. The Hall–Kier alpha value is -1.40. The zero-order valence-corrected chi connectivity index (χ0v) is 10.9. The van der Waals surface area contributed by atoms with Crippen LogP contribution >= 0.6 is 15.9 Å². The van der Waals surface area contributed by atoms with Crippen molar-refractivity contribution < 1.29 is 0 Å². The maximum Gasteiger partial charge on any atom is 0.100 e. The number of nitriles is 1. The van der Waals surface area contributed by atoms with Gasteiger partial charge in [-0.05, 0) is 53.2 Å². The minimum absolute atomic E-state index is 0.825. The van der Waals surface area contributed by atoms with Crippen molar-refractivity contribution in [3.05, 3.63) is 39.5 Å². The zero-order chi connectivity index (χ0) is 11.8. The van der Waals surface area contributed by atoms with Gasteiger partial charge in [-0.15, -0.1) is 0 Å². The normalized spacial score (nSPS) is 14.4. The fraction of sp³-hybridized carbons (Fsp3) is 0.286. The Balaban J connectivity index is 2.44. The summed E-state index contributed by atoms with van der Waals surface area (Å²) in [5.74, 6) is 0. The van der Waals surface area contributed by atoms with Gasteiger partial charge < -0.3 is 0 Å². The average Bonchev–Trinajstić information content (AvgIpc) is 2.37. The predicted molar refractivity (Wildman–Crippen MR) is 70.8 cm³/mol. The van der Waals surface area contributed by atoms with Crippen molar-refractivity contribution >= 4 is 26.8 Å². The van der Waals surface area contributed by atoms with Crippen LogP contribution in [-0.2, 0) is 12.8 Å². The van der Waals surface area contributed by atoms with Crippen LogP contribution in [0, 0.1) is 11.3 Å². The van der Waals surface area contributed by atoms with Crippen LogP contribution in [0.3, 0.4) is 0 Å². The molecule has 17 heavy (non-hydrogen) atoms. The van der Waals surface area contributed by atoms with Gasteiger partial charge in [0.25, 0.3) is 0 Å². The van der Waals surface area contributed by atoms with E-state index in [1.807, 2.05) is 18.2 Å². The number of hydrogen-bond acceptors (Lipinski definition) is 2. The van der Waals surface area contributed by atoms with E-state index in [-0.39, 0.29) is 0 Å². The van der Waals surface area contributed by atoms with Crippen LogP contribution in [-0.4, -0.2) is 4.98 Å². The SMILES string of the molecule is N#Cc1c2c(nc3c(Br)cccc13)CCCC2. The van der Waals surface area contributed by atoms with Gasteiger partial charge in [0.05, 0.1) is 11.1 Å². The Kier molecular flexibility index (Phi) is 2.60. The first-order valence-electron chi connectivity index (χ1n) is 5.81. The van der Waals surface area contributed by atoms with Gasteiger partial charge in [-0.2, -0.15) is 5.26 Å². The molecule has 1 aliphatic carbocycles. The number of aromatic nitrogens is 1. The molecule has 1 heterocycles.